The Morgan fingerprint density at radius 1 is 1.43 bits per heavy atom. The summed E-state index contributed by atoms with van der Waals surface area (Å²) in [5.74, 6) is -0.405. The Morgan fingerprint density at radius 2 is 2.24 bits per heavy atom. The molecule has 21 heavy (non-hydrogen) atoms. The molecule has 3 atom stereocenters. The van der Waals surface area contributed by atoms with Crippen molar-refractivity contribution in [2.24, 2.45) is 5.92 Å². The average Bonchev–Trinajstić information content (AvgIpc) is 3.15. The molecule has 3 heterocycles. The van der Waals surface area contributed by atoms with E-state index >= 15 is 0 Å². The van der Waals surface area contributed by atoms with Gasteiger partial charge in [-0.05, 0) is 31.9 Å². The summed E-state index contributed by atoms with van der Waals surface area (Å²) in [5.41, 5.74) is 1.20. The molecule has 1 aromatic carbocycles. The van der Waals surface area contributed by atoms with E-state index in [-0.39, 0.29) is 23.8 Å². The summed E-state index contributed by atoms with van der Waals surface area (Å²) in [7, 11) is 1.43. The zero-order valence-electron chi connectivity index (χ0n) is 12.0. The maximum Gasteiger partial charge on any atom is 0.310 e. The van der Waals surface area contributed by atoms with Crippen LogP contribution < -0.4 is 5.32 Å². The Bertz CT molecular complexity index is 630. The molecule has 5 nitrogen and oxygen atoms in total. The third-order valence-corrected chi connectivity index (χ3v) is 5.27. The smallest absolute Gasteiger partial charge is 0.310 e. The fourth-order valence-electron chi connectivity index (χ4n) is 4.44. The maximum atomic E-state index is 12.7. The molecule has 0 unspecified atom stereocenters. The van der Waals surface area contributed by atoms with E-state index in [1.54, 1.807) is 0 Å². The van der Waals surface area contributed by atoms with Gasteiger partial charge in [-0.25, -0.2) is 0 Å². The molecule has 0 aliphatic carbocycles. The molecule has 1 amide bonds. The number of rotatable bonds is 1. The van der Waals surface area contributed by atoms with E-state index in [4.69, 9.17) is 4.74 Å². The van der Waals surface area contributed by atoms with E-state index in [1.165, 1.54) is 7.11 Å². The van der Waals surface area contributed by atoms with E-state index in [9.17, 15) is 9.59 Å². The number of esters is 1. The molecular formula is C16H18N2O3. The van der Waals surface area contributed by atoms with Crippen LogP contribution >= 0.6 is 0 Å². The lowest BCUT2D eigenvalue weighted by Crippen LogP contribution is -2.47. The maximum absolute atomic E-state index is 12.7. The minimum atomic E-state index is -0.684. The lowest BCUT2D eigenvalue weighted by Gasteiger charge is -2.32. The lowest BCUT2D eigenvalue weighted by molar-refractivity contribution is -0.146. The van der Waals surface area contributed by atoms with Crippen molar-refractivity contribution in [3.05, 3.63) is 29.8 Å². The van der Waals surface area contributed by atoms with Crippen molar-refractivity contribution in [1.29, 1.82) is 0 Å². The zero-order valence-corrected chi connectivity index (χ0v) is 12.0. The van der Waals surface area contributed by atoms with Crippen LogP contribution in [0.4, 0.5) is 5.69 Å². The number of carbonyl (C=O) groups excluding carboxylic acids is 2. The largest absolute Gasteiger partial charge is 0.469 e. The minimum absolute atomic E-state index is 0.00185. The van der Waals surface area contributed by atoms with Gasteiger partial charge in [0.15, 0.2) is 0 Å². The van der Waals surface area contributed by atoms with E-state index < -0.39 is 5.54 Å². The van der Waals surface area contributed by atoms with Crippen LogP contribution in [0.3, 0.4) is 0 Å². The Morgan fingerprint density at radius 3 is 3.05 bits per heavy atom. The van der Waals surface area contributed by atoms with Crippen molar-refractivity contribution in [2.45, 2.75) is 30.8 Å². The predicted molar refractivity (Wildman–Crippen MR) is 76.6 cm³/mol. The number of ether oxygens (including phenoxy) is 1. The third kappa shape index (κ3) is 1.50. The molecule has 1 N–H and O–H groups in total. The van der Waals surface area contributed by atoms with E-state index in [1.807, 2.05) is 24.3 Å². The van der Waals surface area contributed by atoms with E-state index in [0.717, 1.165) is 30.6 Å². The molecule has 3 aliphatic rings. The molecule has 0 saturated carbocycles. The van der Waals surface area contributed by atoms with E-state index in [0.29, 0.717) is 6.42 Å². The van der Waals surface area contributed by atoms with Gasteiger partial charge in [0.2, 0.25) is 5.91 Å². The molecule has 3 aliphatic heterocycles. The van der Waals surface area contributed by atoms with Crippen LogP contribution in [-0.2, 0) is 19.9 Å². The van der Waals surface area contributed by atoms with Gasteiger partial charge in [0.1, 0.15) is 5.54 Å². The molecule has 1 spiro atoms. The summed E-state index contributed by atoms with van der Waals surface area (Å²) >= 11 is 0. The van der Waals surface area contributed by atoms with Crippen LogP contribution in [0.2, 0.25) is 0 Å². The molecule has 4 rings (SSSR count). The Kier molecular flexibility index (Phi) is 2.63. The first-order chi connectivity index (χ1) is 10.2. The second kappa shape index (κ2) is 4.31. The SMILES string of the molecule is COC(=O)[C@@H]1C[C@@]2(C(=O)Nc3ccccc32)N2CCC[C@@H]12. The lowest BCUT2D eigenvalue weighted by atomic mass is 9.84. The van der Waals surface area contributed by atoms with Crippen molar-refractivity contribution < 1.29 is 14.3 Å². The van der Waals surface area contributed by atoms with Gasteiger partial charge in [0.25, 0.3) is 0 Å². The van der Waals surface area contributed by atoms with Gasteiger partial charge in [-0.15, -0.1) is 0 Å². The standard InChI is InChI=1S/C16H18N2O3/c1-21-14(19)10-9-16(18-8-4-7-13(10)18)11-5-2-3-6-12(11)17-15(16)20/h2-3,5-6,10,13H,4,7-9H2,1H3,(H,17,20)/t10-,13+,16-/m1/s1. The fourth-order valence-corrected chi connectivity index (χ4v) is 4.44. The van der Waals surface area contributed by atoms with Gasteiger partial charge >= 0.3 is 5.97 Å². The van der Waals surface area contributed by atoms with Crippen LogP contribution in [0.5, 0.6) is 0 Å². The number of nitrogens with zero attached hydrogens (tertiary/aromatic N) is 1. The Hall–Kier alpha value is -1.88. The fraction of sp³-hybridized carbons (Fsp3) is 0.500. The predicted octanol–water partition coefficient (Wildman–Crippen LogP) is 1.49. The van der Waals surface area contributed by atoms with Crippen molar-refractivity contribution in [1.82, 2.24) is 4.90 Å². The molecule has 0 radical (unpaired) electrons. The first-order valence-electron chi connectivity index (χ1n) is 7.44. The number of fused-ring (bicyclic) bond motifs is 4. The van der Waals surface area contributed by atoms with Crippen LogP contribution in [0.15, 0.2) is 24.3 Å². The molecule has 0 bridgehead atoms. The number of para-hydroxylation sites is 1. The number of carbonyl (C=O) groups is 2. The summed E-state index contributed by atoms with van der Waals surface area (Å²) in [6, 6.07) is 7.93. The quantitative estimate of drug-likeness (QED) is 0.795. The van der Waals surface area contributed by atoms with Gasteiger partial charge in [-0.3, -0.25) is 14.5 Å². The third-order valence-electron chi connectivity index (χ3n) is 5.27. The number of nitrogens with one attached hydrogen (secondary N) is 1. The highest BCUT2D eigenvalue weighted by atomic mass is 16.5. The number of benzene rings is 1. The molecule has 2 fully saturated rings. The van der Waals surface area contributed by atoms with Crippen molar-refractivity contribution in [3.63, 3.8) is 0 Å². The van der Waals surface area contributed by atoms with Crippen molar-refractivity contribution in [3.8, 4) is 0 Å². The van der Waals surface area contributed by atoms with Crippen molar-refractivity contribution >= 4 is 17.6 Å². The number of anilines is 1. The number of hydrogen-bond acceptors (Lipinski definition) is 4. The molecule has 110 valence electrons. The highest BCUT2D eigenvalue weighted by Gasteiger charge is 2.62. The summed E-state index contributed by atoms with van der Waals surface area (Å²) in [5, 5.41) is 2.99. The van der Waals surface area contributed by atoms with Crippen molar-refractivity contribution in [2.75, 3.05) is 19.0 Å². The zero-order chi connectivity index (χ0) is 14.6. The second-order valence-electron chi connectivity index (χ2n) is 6.10. The summed E-state index contributed by atoms with van der Waals surface area (Å²) in [4.78, 5) is 27.1. The molecule has 2 saturated heterocycles. The van der Waals surface area contributed by atoms with Gasteiger partial charge < -0.3 is 10.1 Å². The van der Waals surface area contributed by atoms with Gasteiger partial charge in [-0.1, -0.05) is 18.2 Å². The van der Waals surface area contributed by atoms with Crippen LogP contribution in [0, 0.1) is 5.92 Å². The van der Waals surface area contributed by atoms with Crippen LogP contribution in [0.25, 0.3) is 0 Å². The molecule has 0 aromatic heterocycles. The highest BCUT2D eigenvalue weighted by molar-refractivity contribution is 6.06. The average molecular weight is 286 g/mol. The van der Waals surface area contributed by atoms with Crippen LogP contribution in [0.1, 0.15) is 24.8 Å². The monoisotopic (exact) mass is 286 g/mol. The number of methoxy groups -OCH3 is 1. The highest BCUT2D eigenvalue weighted by Crippen LogP contribution is 2.54. The first kappa shape index (κ1) is 12.8. The summed E-state index contributed by atoms with van der Waals surface area (Å²) in [6.07, 6.45) is 2.50. The first-order valence-corrected chi connectivity index (χ1v) is 7.44. The topological polar surface area (TPSA) is 58.6 Å². The number of hydrogen-bond donors (Lipinski definition) is 1. The molecule has 5 heteroatoms. The van der Waals surface area contributed by atoms with Gasteiger partial charge in [-0.2, -0.15) is 0 Å². The second-order valence-corrected chi connectivity index (χ2v) is 6.10. The molecular weight excluding hydrogens is 268 g/mol. The minimum Gasteiger partial charge on any atom is -0.469 e. The van der Waals surface area contributed by atoms with Gasteiger partial charge in [0, 0.05) is 17.3 Å². The summed E-state index contributed by atoms with van der Waals surface area (Å²) < 4.78 is 4.97. The summed E-state index contributed by atoms with van der Waals surface area (Å²) in [6.45, 7) is 0.861. The Balaban J connectivity index is 1.84. The number of amides is 1. The van der Waals surface area contributed by atoms with Crippen LogP contribution in [-0.4, -0.2) is 36.5 Å². The molecule has 1 aromatic rings. The normalized spacial score (nSPS) is 33.9. The van der Waals surface area contributed by atoms with E-state index in [2.05, 4.69) is 10.2 Å². The van der Waals surface area contributed by atoms with Gasteiger partial charge in [0.05, 0.1) is 13.0 Å². The Labute approximate surface area is 123 Å².